The van der Waals surface area contributed by atoms with Gasteiger partial charge in [0.15, 0.2) is 0 Å². The monoisotopic (exact) mass is 456 g/mol. The number of aryl methyl sites for hydroxylation is 1. The van der Waals surface area contributed by atoms with E-state index in [-0.39, 0.29) is 9.75 Å². The molecule has 2 nitrogen and oxygen atoms in total. The molecule has 4 rings (SSSR count). The molecule has 0 spiro atoms. The molecule has 2 aliphatic rings. The van der Waals surface area contributed by atoms with Crippen LogP contribution in [0.15, 0.2) is 48.5 Å². The standard InChI is InChI=1S/C25H31Cl2N.C2H3N/c1-2-16-28(19-21-7-4-3-5-8-21)17-6-9-20-10-11-22(24(26)12-13-24)23(18-20)25(27)14-15-25;1-2-3/h3-5,7-8,10-11,18H,2,6,9,12-17,19H2,1H3;1H3. The van der Waals surface area contributed by atoms with Crippen molar-refractivity contribution in [3.8, 4) is 6.07 Å². The first kappa shape index (κ1) is 24.1. The summed E-state index contributed by atoms with van der Waals surface area (Å²) in [5.74, 6) is 0. The Hall–Kier alpha value is -1.53. The van der Waals surface area contributed by atoms with Crippen molar-refractivity contribution in [1.29, 1.82) is 5.26 Å². The van der Waals surface area contributed by atoms with Crippen LogP contribution in [0, 0.1) is 11.3 Å². The van der Waals surface area contributed by atoms with Crippen LogP contribution in [0.2, 0.25) is 0 Å². The lowest BCUT2D eigenvalue weighted by Gasteiger charge is -2.22. The molecule has 0 saturated heterocycles. The molecule has 0 N–H and O–H groups in total. The molecular weight excluding hydrogens is 423 g/mol. The third-order valence-electron chi connectivity index (χ3n) is 6.16. The van der Waals surface area contributed by atoms with Crippen LogP contribution in [0.3, 0.4) is 0 Å². The molecule has 0 aliphatic heterocycles. The normalized spacial score (nSPS) is 17.4. The molecule has 0 radical (unpaired) electrons. The second-order valence-corrected chi connectivity index (χ2v) is 10.3. The summed E-state index contributed by atoms with van der Waals surface area (Å²) in [7, 11) is 0. The van der Waals surface area contributed by atoms with Crippen molar-refractivity contribution < 1.29 is 0 Å². The maximum Gasteiger partial charge on any atom is 0.0699 e. The average molecular weight is 457 g/mol. The summed E-state index contributed by atoms with van der Waals surface area (Å²) in [5, 5.41) is 7.32. The van der Waals surface area contributed by atoms with Crippen molar-refractivity contribution in [3.63, 3.8) is 0 Å². The number of alkyl halides is 2. The molecule has 2 aromatic rings. The minimum atomic E-state index is -0.141. The number of nitriles is 1. The van der Waals surface area contributed by atoms with Gasteiger partial charge in [-0.3, -0.25) is 4.90 Å². The molecule has 0 amide bonds. The SMILES string of the molecule is CC#N.CCCN(CCCc1ccc(C2(Cl)CC2)c(C2(Cl)CC2)c1)Cc1ccccc1. The van der Waals surface area contributed by atoms with Crippen molar-refractivity contribution >= 4 is 23.2 Å². The van der Waals surface area contributed by atoms with E-state index in [4.69, 9.17) is 28.5 Å². The molecule has 0 unspecified atom stereocenters. The second kappa shape index (κ2) is 10.9. The Bertz CT molecular complexity index is 880. The highest BCUT2D eigenvalue weighted by Crippen LogP contribution is 2.60. The van der Waals surface area contributed by atoms with Crippen molar-refractivity contribution in [2.75, 3.05) is 13.1 Å². The summed E-state index contributed by atoms with van der Waals surface area (Å²) >= 11 is 13.6. The molecular formula is C27H34Cl2N2. The number of rotatable bonds is 10. The first-order chi connectivity index (χ1) is 14.9. The van der Waals surface area contributed by atoms with Gasteiger partial charge in [0, 0.05) is 13.5 Å². The third-order valence-corrected chi connectivity index (χ3v) is 7.32. The van der Waals surface area contributed by atoms with Gasteiger partial charge in [-0.15, -0.1) is 23.2 Å². The zero-order valence-corrected chi connectivity index (χ0v) is 20.4. The number of halogens is 2. The van der Waals surface area contributed by atoms with Gasteiger partial charge in [0.25, 0.3) is 0 Å². The largest absolute Gasteiger partial charge is 0.299 e. The predicted octanol–water partition coefficient (Wildman–Crippen LogP) is 7.52. The predicted molar refractivity (Wildman–Crippen MR) is 132 cm³/mol. The quantitative estimate of drug-likeness (QED) is 0.345. The Balaban J connectivity index is 0.000000858. The van der Waals surface area contributed by atoms with E-state index in [0.717, 1.165) is 51.7 Å². The maximum absolute atomic E-state index is 7.32. The van der Waals surface area contributed by atoms with Crippen molar-refractivity contribution in [2.24, 2.45) is 0 Å². The first-order valence-electron chi connectivity index (χ1n) is 11.5. The van der Waals surface area contributed by atoms with E-state index in [0.29, 0.717) is 0 Å². The second-order valence-electron chi connectivity index (χ2n) is 8.90. The molecule has 2 saturated carbocycles. The summed E-state index contributed by atoms with van der Waals surface area (Å²) < 4.78 is 0. The van der Waals surface area contributed by atoms with Gasteiger partial charge < -0.3 is 0 Å². The highest BCUT2D eigenvalue weighted by atomic mass is 35.5. The minimum Gasteiger partial charge on any atom is -0.299 e. The fraction of sp³-hybridized carbons (Fsp3) is 0.519. The number of hydrogen-bond donors (Lipinski definition) is 0. The van der Waals surface area contributed by atoms with E-state index in [9.17, 15) is 0 Å². The van der Waals surface area contributed by atoms with Gasteiger partial charge in [-0.25, -0.2) is 0 Å². The van der Waals surface area contributed by atoms with Crippen LogP contribution in [0.25, 0.3) is 0 Å². The first-order valence-corrected chi connectivity index (χ1v) is 12.3. The number of benzene rings is 2. The van der Waals surface area contributed by atoms with Crippen LogP contribution in [0.1, 0.15) is 74.6 Å². The molecule has 166 valence electrons. The van der Waals surface area contributed by atoms with Gasteiger partial charge in [0.1, 0.15) is 0 Å². The lowest BCUT2D eigenvalue weighted by Crippen LogP contribution is -2.25. The van der Waals surface area contributed by atoms with Crippen LogP contribution in [-0.2, 0) is 22.7 Å². The van der Waals surface area contributed by atoms with Crippen molar-refractivity contribution in [3.05, 3.63) is 70.8 Å². The molecule has 0 heterocycles. The van der Waals surface area contributed by atoms with Gasteiger partial charge in [-0.1, -0.05) is 55.5 Å². The average Bonchev–Trinajstić information content (AvgIpc) is 3.69. The van der Waals surface area contributed by atoms with E-state index in [2.05, 4.69) is 60.4 Å². The smallest absolute Gasteiger partial charge is 0.0699 e. The van der Waals surface area contributed by atoms with Crippen molar-refractivity contribution in [1.82, 2.24) is 4.90 Å². The Morgan fingerprint density at radius 1 is 0.903 bits per heavy atom. The molecule has 4 heteroatoms. The van der Waals surface area contributed by atoms with Crippen LogP contribution < -0.4 is 0 Å². The van der Waals surface area contributed by atoms with Gasteiger partial charge in [-0.2, -0.15) is 5.26 Å². The third kappa shape index (κ3) is 6.72. The van der Waals surface area contributed by atoms with Crippen LogP contribution in [0.5, 0.6) is 0 Å². The minimum absolute atomic E-state index is 0.133. The molecule has 0 aromatic heterocycles. The molecule has 2 aromatic carbocycles. The molecule has 31 heavy (non-hydrogen) atoms. The fourth-order valence-corrected chi connectivity index (χ4v) is 4.71. The van der Waals surface area contributed by atoms with E-state index in [1.807, 2.05) is 0 Å². The maximum atomic E-state index is 7.32. The molecule has 0 atom stereocenters. The van der Waals surface area contributed by atoms with Crippen LogP contribution in [-0.4, -0.2) is 18.0 Å². The zero-order valence-electron chi connectivity index (χ0n) is 18.8. The molecule has 2 fully saturated rings. The zero-order chi connectivity index (χ0) is 22.3. The Morgan fingerprint density at radius 3 is 2.10 bits per heavy atom. The van der Waals surface area contributed by atoms with E-state index in [1.165, 1.54) is 42.0 Å². The fourth-order valence-electron chi connectivity index (χ4n) is 4.20. The summed E-state index contributed by atoms with van der Waals surface area (Å²) in [5.41, 5.74) is 5.41. The van der Waals surface area contributed by atoms with Gasteiger partial charge >= 0.3 is 0 Å². The van der Waals surface area contributed by atoms with Gasteiger partial charge in [0.05, 0.1) is 15.8 Å². The van der Waals surface area contributed by atoms with E-state index >= 15 is 0 Å². The van der Waals surface area contributed by atoms with Gasteiger partial charge in [0.2, 0.25) is 0 Å². The highest BCUT2D eigenvalue weighted by molar-refractivity contribution is 6.28. The van der Waals surface area contributed by atoms with Gasteiger partial charge in [-0.05, 0) is 80.3 Å². The number of nitrogens with zero attached hydrogens (tertiary/aromatic N) is 2. The van der Waals surface area contributed by atoms with Crippen LogP contribution >= 0.6 is 23.2 Å². The summed E-state index contributed by atoms with van der Waals surface area (Å²) in [4.78, 5) is 2.30. The summed E-state index contributed by atoms with van der Waals surface area (Å²) in [6, 6.07) is 19.5. The molecule has 2 aliphatic carbocycles. The van der Waals surface area contributed by atoms with E-state index < -0.39 is 0 Å². The Kier molecular flexibility index (Phi) is 8.45. The van der Waals surface area contributed by atoms with E-state index in [1.54, 1.807) is 6.07 Å². The Morgan fingerprint density at radius 2 is 1.52 bits per heavy atom. The summed E-state index contributed by atoms with van der Waals surface area (Å²) in [6.45, 7) is 7.01. The topological polar surface area (TPSA) is 27.0 Å². The highest BCUT2D eigenvalue weighted by Gasteiger charge is 2.50. The number of hydrogen-bond acceptors (Lipinski definition) is 2. The lowest BCUT2D eigenvalue weighted by atomic mass is 9.94. The molecule has 0 bridgehead atoms. The Labute approximate surface area is 198 Å². The lowest BCUT2D eigenvalue weighted by molar-refractivity contribution is 0.262. The van der Waals surface area contributed by atoms with Crippen LogP contribution in [0.4, 0.5) is 0 Å². The van der Waals surface area contributed by atoms with Crippen molar-refractivity contribution in [2.45, 2.75) is 75.1 Å². The summed E-state index contributed by atoms with van der Waals surface area (Å²) in [6.07, 6.45) is 7.80.